The topological polar surface area (TPSA) is 46.3 Å². The molecule has 1 unspecified atom stereocenters. The maximum absolute atomic E-state index is 11.8. The molecule has 3 rings (SSSR count). The molecule has 3 nitrogen and oxygen atoms in total. The number of carbonyl (C=O) groups is 1. The van der Waals surface area contributed by atoms with Crippen LogP contribution in [0.1, 0.15) is 16.5 Å². The van der Waals surface area contributed by atoms with Gasteiger partial charge in [0.25, 0.3) is 0 Å². The fourth-order valence-corrected chi connectivity index (χ4v) is 2.88. The fraction of sp³-hybridized carbons (Fsp3) is 0.133. The molecule has 0 saturated carbocycles. The number of carbonyl (C=O) groups excluding carboxylic acids is 1. The van der Waals surface area contributed by atoms with Crippen LogP contribution in [0.5, 0.6) is 0 Å². The summed E-state index contributed by atoms with van der Waals surface area (Å²) in [5, 5.41) is -0.165. The van der Waals surface area contributed by atoms with Crippen LogP contribution in [-0.2, 0) is 15.9 Å². The standard InChI is InChI=1S/C15H13ClN2O.I3.2HI.V/c16-12-9-10-5-1-3-7-13(10)18(15(17)19)14-8-4-2-6-11(12)14;1-3-2;;;/h1-8,12H,9H2,(H2,17,19);;2*1H;/q;-1;;;+2/p-2. The third-order valence-corrected chi connectivity index (χ3v) is 3.76. The van der Waals surface area contributed by atoms with Crippen LogP contribution in [0.4, 0.5) is 16.2 Å². The first-order valence-electron chi connectivity index (χ1n) is 6.71. The van der Waals surface area contributed by atoms with Gasteiger partial charge in [0.05, 0.1) is 16.8 Å². The average Bonchev–Trinajstić information content (AvgIpc) is 2.70. The summed E-state index contributed by atoms with van der Waals surface area (Å²) in [5.41, 5.74) is 9.09. The van der Waals surface area contributed by atoms with Crippen molar-refractivity contribution in [2.45, 2.75) is 11.8 Å². The molecule has 0 fully saturated rings. The van der Waals surface area contributed by atoms with Gasteiger partial charge in [0.15, 0.2) is 0 Å². The van der Waals surface area contributed by atoms with E-state index in [-0.39, 0.29) is 5.38 Å². The van der Waals surface area contributed by atoms with Crippen molar-refractivity contribution in [1.29, 1.82) is 0 Å². The van der Waals surface area contributed by atoms with Gasteiger partial charge in [0.2, 0.25) is 0 Å². The zero-order valence-corrected chi connectivity index (χ0v) is 25.5. The Balaban J connectivity index is 0.000000460. The Morgan fingerprint density at radius 2 is 1.60 bits per heavy atom. The Morgan fingerprint density at radius 1 is 1.12 bits per heavy atom. The third kappa shape index (κ3) is 7.87. The van der Waals surface area contributed by atoms with E-state index in [0.29, 0.717) is 29.1 Å². The van der Waals surface area contributed by atoms with Crippen LogP contribution in [0.25, 0.3) is 0 Å². The number of primary amides is 1. The molecule has 2 aromatic carbocycles. The molecule has 0 spiro atoms. The van der Waals surface area contributed by atoms with E-state index in [1.807, 2.05) is 48.5 Å². The van der Waals surface area contributed by atoms with Crippen molar-refractivity contribution in [1.82, 2.24) is 0 Å². The van der Waals surface area contributed by atoms with E-state index < -0.39 is 6.03 Å². The molecule has 0 aromatic heterocycles. The molecule has 1 aliphatic heterocycles. The van der Waals surface area contributed by atoms with Crippen LogP contribution in [0.3, 0.4) is 0 Å². The Bertz CT molecular complexity index is 692. The number of rotatable bonds is 0. The summed E-state index contributed by atoms with van der Waals surface area (Å²) in [5.74, 6) is 0. The van der Waals surface area contributed by atoms with Gasteiger partial charge in [-0.25, -0.2) is 4.79 Å². The first-order chi connectivity index (χ1) is 12.0. The van der Waals surface area contributed by atoms with Gasteiger partial charge in [-0.15, -0.1) is 11.6 Å². The summed E-state index contributed by atoms with van der Waals surface area (Å²) in [4.78, 5) is 13.4. The molecule has 2 aromatic rings. The normalized spacial score (nSPS) is 14.6. The minimum atomic E-state index is -0.495. The second-order valence-corrected chi connectivity index (χ2v) is 33.2. The molecular formula is C15H13ClI5N2OV-. The van der Waals surface area contributed by atoms with Crippen molar-refractivity contribution in [2.24, 2.45) is 5.73 Å². The van der Waals surface area contributed by atoms with Crippen LogP contribution in [0.2, 0.25) is 0 Å². The molecule has 1 aliphatic rings. The second kappa shape index (κ2) is 14.3. The van der Waals surface area contributed by atoms with Crippen LogP contribution in [-0.4, -0.2) is 6.03 Å². The number of alkyl halides is 1. The van der Waals surface area contributed by atoms with Gasteiger partial charge in [0.1, 0.15) is 0 Å². The number of nitrogens with two attached hydrogens (primary N) is 1. The van der Waals surface area contributed by atoms with Crippen LogP contribution >= 0.6 is 88.8 Å². The van der Waals surface area contributed by atoms with Crippen molar-refractivity contribution in [3.63, 3.8) is 0 Å². The number of urea groups is 1. The number of amides is 2. The Kier molecular flexibility index (Phi) is 14.4. The number of benzene rings is 2. The molecule has 25 heavy (non-hydrogen) atoms. The summed E-state index contributed by atoms with van der Waals surface area (Å²) in [6.07, 6.45) is 0.679. The molecule has 2 amide bonds. The molecule has 10 heteroatoms. The fourth-order valence-electron chi connectivity index (χ4n) is 2.53. The van der Waals surface area contributed by atoms with Crippen LogP contribution < -0.4 is 23.9 Å². The number of anilines is 2. The van der Waals surface area contributed by atoms with Gasteiger partial charge in [-0.3, -0.25) is 4.90 Å². The molecule has 0 radical (unpaired) electrons. The summed E-state index contributed by atoms with van der Waals surface area (Å²) < 4.78 is 0. The summed E-state index contributed by atoms with van der Waals surface area (Å²) in [6, 6.07) is 14.8. The molecule has 1 heterocycles. The third-order valence-electron chi connectivity index (χ3n) is 3.37. The Hall–Kier alpha value is 2.23. The maximum atomic E-state index is 11.8. The van der Waals surface area contributed by atoms with Crippen LogP contribution in [0.15, 0.2) is 48.5 Å². The monoisotopic (exact) mass is 958 g/mol. The van der Waals surface area contributed by atoms with Crippen molar-refractivity contribution < 1.29 is 27.5 Å². The SMILES string of the molecule is I[I-]I.NC(=O)N1c2ccccc2CC(Cl)c2ccccc21.[I][V][I]. The predicted molar refractivity (Wildman–Crippen MR) is 133 cm³/mol. The number of hydrogen-bond donors (Lipinski definition) is 1. The van der Waals surface area contributed by atoms with E-state index >= 15 is 0 Å². The summed E-state index contributed by atoms with van der Waals surface area (Å²) >= 11 is 16.5. The van der Waals surface area contributed by atoms with Gasteiger partial charge < -0.3 is 5.73 Å². The first kappa shape index (κ1) is 25.3. The average molecular weight is 958 g/mol. The zero-order valence-electron chi connectivity index (χ0n) is 12.6. The van der Waals surface area contributed by atoms with Gasteiger partial charge in [-0.1, -0.05) is 36.4 Å². The quantitative estimate of drug-likeness (QED) is 0.312. The summed E-state index contributed by atoms with van der Waals surface area (Å²) in [7, 11) is 0.628. The number of nitrogens with zero attached hydrogens (tertiary/aromatic N) is 1. The summed E-state index contributed by atoms with van der Waals surface area (Å²) in [6.45, 7) is 0. The van der Waals surface area contributed by atoms with E-state index in [4.69, 9.17) is 17.3 Å². The molecule has 0 bridgehead atoms. The molecule has 0 saturated heterocycles. The second-order valence-electron chi connectivity index (χ2n) is 4.65. The van der Waals surface area contributed by atoms with Crippen molar-refractivity contribution in [3.8, 4) is 0 Å². The van der Waals surface area contributed by atoms with Crippen molar-refractivity contribution in [2.75, 3.05) is 4.90 Å². The van der Waals surface area contributed by atoms with Crippen LogP contribution in [0, 0.1) is 0 Å². The molecule has 137 valence electrons. The van der Waals surface area contributed by atoms with Gasteiger partial charge >= 0.3 is 106 Å². The number of para-hydroxylation sites is 2. The molecule has 0 aliphatic carbocycles. The zero-order chi connectivity index (χ0) is 18.8. The Morgan fingerprint density at radius 3 is 2.16 bits per heavy atom. The van der Waals surface area contributed by atoms with E-state index in [1.54, 1.807) is 0 Å². The van der Waals surface area contributed by atoms with Gasteiger partial charge in [-0.05, 0) is 29.7 Å². The molecule has 2 N–H and O–H groups in total. The van der Waals surface area contributed by atoms with E-state index in [9.17, 15) is 4.79 Å². The van der Waals surface area contributed by atoms with E-state index in [2.05, 4.69) is 77.2 Å². The Labute approximate surface area is 211 Å². The van der Waals surface area contributed by atoms with Crippen molar-refractivity contribution in [3.05, 3.63) is 59.7 Å². The van der Waals surface area contributed by atoms with E-state index in [0.717, 1.165) is 22.5 Å². The van der Waals surface area contributed by atoms with E-state index in [1.165, 1.54) is 4.90 Å². The first-order valence-corrected chi connectivity index (χ1v) is 28.7. The number of halogens is 6. The number of fused-ring (bicyclic) bond motifs is 2. The van der Waals surface area contributed by atoms with Crippen molar-refractivity contribution >= 4 is 106 Å². The van der Waals surface area contributed by atoms with Gasteiger partial charge in [0, 0.05) is 0 Å². The molecule has 1 atom stereocenters. The molecular weight excluding hydrogens is 945 g/mol. The predicted octanol–water partition coefficient (Wildman–Crippen LogP) is 4.28. The minimum absolute atomic E-state index is 0.165. The number of hydrogen-bond acceptors (Lipinski definition) is 1. The van der Waals surface area contributed by atoms with Gasteiger partial charge in [-0.2, -0.15) is 0 Å².